The van der Waals surface area contributed by atoms with Crippen molar-refractivity contribution in [1.82, 2.24) is 9.78 Å². The number of rotatable bonds is 6. The van der Waals surface area contributed by atoms with E-state index in [4.69, 9.17) is 15.2 Å². The largest absolute Gasteiger partial charge is 0.381 e. The van der Waals surface area contributed by atoms with E-state index in [0.29, 0.717) is 0 Å². The summed E-state index contributed by atoms with van der Waals surface area (Å²) in [4.78, 5) is 0. The van der Waals surface area contributed by atoms with E-state index in [9.17, 15) is 0 Å². The average Bonchev–Trinajstić information content (AvgIpc) is 2.90. The first-order valence-corrected chi connectivity index (χ1v) is 7.59. The Balaban J connectivity index is 2.13. The quantitative estimate of drug-likeness (QED) is 0.859. The Morgan fingerprint density at radius 3 is 2.70 bits per heavy atom. The Kier molecular flexibility index (Phi) is 5.18. The minimum absolute atomic E-state index is 0.0249. The molecule has 114 valence electrons. The molecule has 20 heavy (non-hydrogen) atoms. The maximum Gasteiger partial charge on any atom is 0.0876 e. The second-order valence-corrected chi connectivity index (χ2v) is 5.49. The van der Waals surface area contributed by atoms with Crippen molar-refractivity contribution in [3.8, 4) is 0 Å². The summed E-state index contributed by atoms with van der Waals surface area (Å²) < 4.78 is 13.3. The molecule has 1 unspecified atom stereocenters. The van der Waals surface area contributed by atoms with Crippen molar-refractivity contribution in [2.75, 3.05) is 20.3 Å². The van der Waals surface area contributed by atoms with Crippen LogP contribution in [-0.2, 0) is 28.9 Å². The first-order valence-electron chi connectivity index (χ1n) is 7.59. The van der Waals surface area contributed by atoms with Crippen molar-refractivity contribution in [3.63, 3.8) is 0 Å². The van der Waals surface area contributed by atoms with Crippen LogP contribution in [0.3, 0.4) is 0 Å². The van der Waals surface area contributed by atoms with E-state index in [1.165, 1.54) is 5.69 Å². The smallest absolute Gasteiger partial charge is 0.0876 e. The lowest BCUT2D eigenvalue weighted by atomic mass is 9.84. The molecule has 1 fully saturated rings. The van der Waals surface area contributed by atoms with Crippen LogP contribution >= 0.6 is 0 Å². The second kappa shape index (κ2) is 6.70. The van der Waals surface area contributed by atoms with Crippen LogP contribution in [0.1, 0.15) is 38.1 Å². The van der Waals surface area contributed by atoms with Gasteiger partial charge in [-0.2, -0.15) is 5.10 Å². The van der Waals surface area contributed by atoms with Gasteiger partial charge in [-0.1, -0.05) is 6.92 Å². The molecule has 0 aliphatic carbocycles. The standard InChI is InChI=1S/C15H27N3O2/c1-4-12-10-13(18(5-2)17-12)11-14(16)15(19-3)6-8-20-9-7-15/h10,14H,4-9,11,16H2,1-3H3. The highest BCUT2D eigenvalue weighted by molar-refractivity contribution is 5.13. The number of aryl methyl sites for hydroxylation is 2. The maximum atomic E-state index is 6.48. The number of ether oxygens (including phenoxy) is 2. The van der Waals surface area contributed by atoms with E-state index < -0.39 is 0 Å². The molecule has 5 nitrogen and oxygen atoms in total. The van der Waals surface area contributed by atoms with Crippen LogP contribution in [-0.4, -0.2) is 41.7 Å². The minimum Gasteiger partial charge on any atom is -0.381 e. The zero-order valence-corrected chi connectivity index (χ0v) is 12.9. The molecule has 1 aromatic heterocycles. The summed E-state index contributed by atoms with van der Waals surface area (Å²) >= 11 is 0. The normalized spacial score (nSPS) is 20.0. The first kappa shape index (κ1) is 15.5. The topological polar surface area (TPSA) is 62.3 Å². The van der Waals surface area contributed by atoms with Crippen LogP contribution in [0.15, 0.2) is 6.07 Å². The third-order valence-corrected chi connectivity index (χ3v) is 4.43. The second-order valence-electron chi connectivity index (χ2n) is 5.49. The van der Waals surface area contributed by atoms with E-state index in [-0.39, 0.29) is 11.6 Å². The van der Waals surface area contributed by atoms with Gasteiger partial charge < -0.3 is 15.2 Å². The summed E-state index contributed by atoms with van der Waals surface area (Å²) in [6.45, 7) is 6.58. The zero-order valence-electron chi connectivity index (χ0n) is 12.9. The van der Waals surface area contributed by atoms with Gasteiger partial charge in [-0.15, -0.1) is 0 Å². The number of methoxy groups -OCH3 is 1. The van der Waals surface area contributed by atoms with Crippen LogP contribution < -0.4 is 5.73 Å². The lowest BCUT2D eigenvalue weighted by molar-refractivity contribution is -0.104. The fraction of sp³-hybridized carbons (Fsp3) is 0.800. The number of hydrogen-bond donors (Lipinski definition) is 1. The number of aromatic nitrogens is 2. The Labute approximate surface area is 121 Å². The Morgan fingerprint density at radius 1 is 1.45 bits per heavy atom. The molecule has 2 heterocycles. The van der Waals surface area contributed by atoms with E-state index in [0.717, 1.165) is 51.1 Å². The molecule has 1 atom stereocenters. The molecule has 0 amide bonds. The minimum atomic E-state index is -0.256. The van der Waals surface area contributed by atoms with E-state index in [1.54, 1.807) is 7.11 Å². The molecule has 0 radical (unpaired) electrons. The van der Waals surface area contributed by atoms with Crippen LogP contribution in [0.4, 0.5) is 0 Å². The maximum absolute atomic E-state index is 6.48. The monoisotopic (exact) mass is 281 g/mol. The van der Waals surface area contributed by atoms with Crippen molar-refractivity contribution in [2.45, 2.75) is 57.7 Å². The van der Waals surface area contributed by atoms with Gasteiger partial charge >= 0.3 is 0 Å². The molecular weight excluding hydrogens is 254 g/mol. The van der Waals surface area contributed by atoms with Crippen LogP contribution in [0.5, 0.6) is 0 Å². The van der Waals surface area contributed by atoms with Gasteiger partial charge in [0.15, 0.2) is 0 Å². The molecule has 1 saturated heterocycles. The van der Waals surface area contributed by atoms with Crippen molar-refractivity contribution >= 4 is 0 Å². The lowest BCUT2D eigenvalue weighted by Gasteiger charge is -2.40. The predicted octanol–water partition coefficient (Wildman–Crippen LogP) is 1.53. The molecule has 2 N–H and O–H groups in total. The number of nitrogens with zero attached hydrogens (tertiary/aromatic N) is 2. The lowest BCUT2D eigenvalue weighted by Crippen LogP contribution is -2.54. The summed E-state index contributed by atoms with van der Waals surface area (Å²) in [5.74, 6) is 0. The van der Waals surface area contributed by atoms with Crippen molar-refractivity contribution in [1.29, 1.82) is 0 Å². The summed E-state index contributed by atoms with van der Waals surface area (Å²) in [5.41, 5.74) is 8.56. The zero-order chi connectivity index (χ0) is 14.6. The summed E-state index contributed by atoms with van der Waals surface area (Å²) in [6, 6.07) is 2.15. The molecule has 1 aliphatic rings. The third-order valence-electron chi connectivity index (χ3n) is 4.43. The Morgan fingerprint density at radius 2 is 2.15 bits per heavy atom. The third kappa shape index (κ3) is 3.05. The van der Waals surface area contributed by atoms with Crippen LogP contribution in [0.25, 0.3) is 0 Å². The fourth-order valence-corrected chi connectivity index (χ4v) is 2.98. The molecule has 0 saturated carbocycles. The van der Waals surface area contributed by atoms with Gasteiger partial charge in [0.1, 0.15) is 0 Å². The highest BCUT2D eigenvalue weighted by Gasteiger charge is 2.39. The molecule has 1 aromatic rings. The van der Waals surface area contributed by atoms with Gasteiger partial charge in [-0.3, -0.25) is 4.68 Å². The van der Waals surface area contributed by atoms with Gasteiger partial charge in [0.05, 0.1) is 11.3 Å². The fourth-order valence-electron chi connectivity index (χ4n) is 2.98. The highest BCUT2D eigenvalue weighted by Crippen LogP contribution is 2.29. The van der Waals surface area contributed by atoms with Gasteiger partial charge in [0.2, 0.25) is 0 Å². The molecule has 0 spiro atoms. The average molecular weight is 281 g/mol. The summed E-state index contributed by atoms with van der Waals surface area (Å²) in [7, 11) is 1.76. The SMILES string of the molecule is CCc1cc(CC(N)C2(OC)CCOCC2)n(CC)n1. The molecular formula is C15H27N3O2. The molecule has 0 bridgehead atoms. The van der Waals surface area contributed by atoms with Crippen molar-refractivity contribution in [3.05, 3.63) is 17.5 Å². The molecule has 5 heteroatoms. The van der Waals surface area contributed by atoms with Crippen LogP contribution in [0, 0.1) is 0 Å². The van der Waals surface area contributed by atoms with Crippen molar-refractivity contribution < 1.29 is 9.47 Å². The van der Waals surface area contributed by atoms with Gasteiger partial charge in [0.25, 0.3) is 0 Å². The van der Waals surface area contributed by atoms with Crippen LogP contribution in [0.2, 0.25) is 0 Å². The molecule has 1 aliphatic heterocycles. The highest BCUT2D eigenvalue weighted by atomic mass is 16.5. The number of nitrogens with two attached hydrogens (primary N) is 1. The van der Waals surface area contributed by atoms with Crippen molar-refractivity contribution in [2.24, 2.45) is 5.73 Å². The predicted molar refractivity (Wildman–Crippen MR) is 78.8 cm³/mol. The van der Waals surface area contributed by atoms with Gasteiger partial charge in [-0.25, -0.2) is 0 Å². The molecule has 2 rings (SSSR count). The van der Waals surface area contributed by atoms with E-state index >= 15 is 0 Å². The Bertz CT molecular complexity index is 425. The first-order chi connectivity index (χ1) is 9.65. The summed E-state index contributed by atoms with van der Waals surface area (Å²) in [5, 5.41) is 4.59. The van der Waals surface area contributed by atoms with Gasteiger partial charge in [0, 0.05) is 57.9 Å². The van der Waals surface area contributed by atoms with E-state index in [2.05, 4.69) is 29.7 Å². The van der Waals surface area contributed by atoms with Gasteiger partial charge in [-0.05, 0) is 19.4 Å². The Hall–Kier alpha value is -0.910. The number of hydrogen-bond acceptors (Lipinski definition) is 4. The van der Waals surface area contributed by atoms with E-state index in [1.807, 2.05) is 0 Å². The summed E-state index contributed by atoms with van der Waals surface area (Å²) in [6.07, 6.45) is 3.49. The molecule has 0 aromatic carbocycles.